The van der Waals surface area contributed by atoms with Crippen molar-refractivity contribution in [2.45, 2.75) is 51.0 Å². The van der Waals surface area contributed by atoms with Gasteiger partial charge in [0.25, 0.3) is 5.91 Å². The van der Waals surface area contributed by atoms with E-state index in [0.717, 1.165) is 37.0 Å². The SMILES string of the molecule is O=C(O)C1CCCCCN1C(=O)c1cc2c(s1)CCC2. The molecular weight excluding hydrogens is 274 g/mol. The molecule has 5 heteroatoms. The van der Waals surface area contributed by atoms with E-state index >= 15 is 0 Å². The van der Waals surface area contributed by atoms with Crippen molar-refractivity contribution in [3.8, 4) is 0 Å². The summed E-state index contributed by atoms with van der Waals surface area (Å²) in [6, 6.07) is 1.33. The Bertz CT molecular complexity index is 516. The standard InChI is InChI=1S/C15H19NO3S/c17-14(13-9-10-5-4-7-12(10)20-13)16-8-3-1-2-6-11(16)15(18)19/h9,11H,1-8H2,(H,18,19). The molecule has 0 spiro atoms. The molecule has 4 nitrogen and oxygen atoms in total. The van der Waals surface area contributed by atoms with Gasteiger partial charge in [-0.25, -0.2) is 4.79 Å². The van der Waals surface area contributed by atoms with Gasteiger partial charge in [-0.1, -0.05) is 12.8 Å². The molecule has 20 heavy (non-hydrogen) atoms. The minimum Gasteiger partial charge on any atom is -0.480 e. The number of carboxylic acid groups (broad SMARTS) is 1. The quantitative estimate of drug-likeness (QED) is 0.912. The Morgan fingerprint density at radius 2 is 2.05 bits per heavy atom. The van der Waals surface area contributed by atoms with Gasteiger partial charge in [0.05, 0.1) is 4.88 Å². The van der Waals surface area contributed by atoms with E-state index in [2.05, 4.69) is 0 Å². The van der Waals surface area contributed by atoms with Crippen LogP contribution in [0, 0.1) is 0 Å². The smallest absolute Gasteiger partial charge is 0.326 e. The summed E-state index contributed by atoms with van der Waals surface area (Å²) in [6.07, 6.45) is 6.68. The number of thiophene rings is 1. The van der Waals surface area contributed by atoms with E-state index in [9.17, 15) is 14.7 Å². The first-order valence-corrected chi connectivity index (χ1v) is 8.14. The Morgan fingerprint density at radius 3 is 2.80 bits per heavy atom. The third kappa shape index (κ3) is 2.46. The van der Waals surface area contributed by atoms with Gasteiger partial charge in [0.2, 0.25) is 0 Å². The second kappa shape index (κ2) is 5.56. The molecule has 1 aromatic rings. The van der Waals surface area contributed by atoms with E-state index in [-0.39, 0.29) is 5.91 Å². The van der Waals surface area contributed by atoms with Crippen LogP contribution in [0.2, 0.25) is 0 Å². The molecule has 0 bridgehead atoms. The molecule has 1 aliphatic carbocycles. The first-order valence-electron chi connectivity index (χ1n) is 7.32. The van der Waals surface area contributed by atoms with Gasteiger partial charge in [-0.05, 0) is 43.7 Å². The van der Waals surface area contributed by atoms with Gasteiger partial charge in [0.1, 0.15) is 6.04 Å². The average molecular weight is 293 g/mol. The molecule has 0 radical (unpaired) electrons. The lowest BCUT2D eigenvalue weighted by Gasteiger charge is -2.26. The molecule has 1 atom stereocenters. The fourth-order valence-corrected chi connectivity index (χ4v) is 4.39. The van der Waals surface area contributed by atoms with Crippen molar-refractivity contribution in [2.24, 2.45) is 0 Å². The number of aliphatic carboxylic acids is 1. The van der Waals surface area contributed by atoms with Crippen LogP contribution in [0.1, 0.15) is 52.2 Å². The fourth-order valence-electron chi connectivity index (χ4n) is 3.18. The summed E-state index contributed by atoms with van der Waals surface area (Å²) in [5.41, 5.74) is 1.29. The Morgan fingerprint density at radius 1 is 1.20 bits per heavy atom. The van der Waals surface area contributed by atoms with Gasteiger partial charge < -0.3 is 10.0 Å². The molecular formula is C15H19NO3S. The number of hydrogen-bond donors (Lipinski definition) is 1. The second-order valence-corrected chi connectivity index (χ2v) is 6.75. The second-order valence-electron chi connectivity index (χ2n) is 5.61. The van der Waals surface area contributed by atoms with Gasteiger partial charge in [-0.3, -0.25) is 4.79 Å². The van der Waals surface area contributed by atoms with Gasteiger partial charge >= 0.3 is 5.97 Å². The van der Waals surface area contributed by atoms with Gasteiger partial charge in [-0.2, -0.15) is 0 Å². The minimum atomic E-state index is -0.871. The van der Waals surface area contributed by atoms with Crippen LogP contribution in [0.15, 0.2) is 6.07 Å². The number of aryl methyl sites for hydroxylation is 2. The van der Waals surface area contributed by atoms with Crippen molar-refractivity contribution in [1.82, 2.24) is 4.90 Å². The lowest BCUT2D eigenvalue weighted by Crippen LogP contribution is -2.44. The number of nitrogens with zero attached hydrogens (tertiary/aromatic N) is 1. The molecule has 0 aromatic carbocycles. The van der Waals surface area contributed by atoms with E-state index in [0.29, 0.717) is 13.0 Å². The van der Waals surface area contributed by atoms with Crippen molar-refractivity contribution in [3.63, 3.8) is 0 Å². The number of fused-ring (bicyclic) bond motifs is 1. The lowest BCUT2D eigenvalue weighted by molar-refractivity contribution is -0.142. The predicted molar refractivity (Wildman–Crippen MR) is 77.3 cm³/mol. The fraction of sp³-hybridized carbons (Fsp3) is 0.600. The summed E-state index contributed by atoms with van der Waals surface area (Å²) in [5.74, 6) is -0.956. The van der Waals surface area contributed by atoms with Gasteiger partial charge in [0.15, 0.2) is 0 Å². The predicted octanol–water partition coefficient (Wildman–Crippen LogP) is 2.71. The Labute approximate surface area is 122 Å². The lowest BCUT2D eigenvalue weighted by atomic mass is 10.1. The minimum absolute atomic E-state index is 0.0845. The van der Waals surface area contributed by atoms with Crippen LogP contribution >= 0.6 is 11.3 Å². The zero-order valence-corrected chi connectivity index (χ0v) is 12.2. The third-order valence-corrected chi connectivity index (χ3v) is 5.48. The molecule has 1 unspecified atom stereocenters. The van der Waals surface area contributed by atoms with E-state index in [1.165, 1.54) is 16.9 Å². The molecule has 108 valence electrons. The maximum absolute atomic E-state index is 12.6. The zero-order valence-electron chi connectivity index (χ0n) is 11.4. The molecule has 1 aliphatic heterocycles. The number of rotatable bonds is 2. The summed E-state index contributed by atoms with van der Waals surface area (Å²) < 4.78 is 0. The number of amides is 1. The highest BCUT2D eigenvalue weighted by Crippen LogP contribution is 2.32. The first-order chi connectivity index (χ1) is 9.66. The van der Waals surface area contributed by atoms with Crippen molar-refractivity contribution in [2.75, 3.05) is 6.54 Å². The van der Waals surface area contributed by atoms with Crippen LogP contribution in [0.25, 0.3) is 0 Å². The number of likely N-dealkylation sites (tertiary alicyclic amines) is 1. The summed E-state index contributed by atoms with van der Waals surface area (Å²) in [7, 11) is 0. The third-order valence-electron chi connectivity index (χ3n) is 4.26. The topological polar surface area (TPSA) is 57.6 Å². The number of hydrogen-bond acceptors (Lipinski definition) is 3. The van der Waals surface area contributed by atoms with Crippen molar-refractivity contribution in [3.05, 3.63) is 21.4 Å². The van der Waals surface area contributed by atoms with Crippen LogP contribution in [-0.4, -0.2) is 34.5 Å². The van der Waals surface area contributed by atoms with E-state index in [4.69, 9.17) is 0 Å². The van der Waals surface area contributed by atoms with E-state index in [1.54, 1.807) is 16.2 Å². The zero-order chi connectivity index (χ0) is 14.1. The first kappa shape index (κ1) is 13.6. The summed E-state index contributed by atoms with van der Waals surface area (Å²) in [4.78, 5) is 27.7. The van der Waals surface area contributed by atoms with Crippen LogP contribution in [-0.2, 0) is 17.6 Å². The molecule has 1 aromatic heterocycles. The Balaban J connectivity index is 1.84. The van der Waals surface area contributed by atoms with Crippen LogP contribution in [0.4, 0.5) is 0 Å². The highest BCUT2D eigenvalue weighted by Gasteiger charge is 2.32. The number of carbonyl (C=O) groups excluding carboxylic acids is 1. The molecule has 3 rings (SSSR count). The largest absolute Gasteiger partial charge is 0.480 e. The summed E-state index contributed by atoms with van der Waals surface area (Å²) in [5, 5.41) is 9.36. The van der Waals surface area contributed by atoms with Gasteiger partial charge in [-0.15, -0.1) is 11.3 Å². The van der Waals surface area contributed by atoms with Crippen molar-refractivity contribution in [1.29, 1.82) is 0 Å². The summed E-state index contributed by atoms with van der Waals surface area (Å²) in [6.45, 7) is 0.568. The Hall–Kier alpha value is -1.36. The monoisotopic (exact) mass is 293 g/mol. The molecule has 1 amide bonds. The maximum Gasteiger partial charge on any atom is 0.326 e. The molecule has 1 N–H and O–H groups in total. The number of carboxylic acids is 1. The normalized spacial score (nSPS) is 22.4. The van der Waals surface area contributed by atoms with E-state index in [1.807, 2.05) is 6.07 Å². The Kier molecular flexibility index (Phi) is 3.78. The highest BCUT2D eigenvalue weighted by atomic mass is 32.1. The summed E-state index contributed by atoms with van der Waals surface area (Å²) >= 11 is 1.56. The van der Waals surface area contributed by atoms with E-state index < -0.39 is 12.0 Å². The molecule has 2 aliphatic rings. The van der Waals surface area contributed by atoms with Crippen LogP contribution in [0.3, 0.4) is 0 Å². The molecule has 2 heterocycles. The average Bonchev–Trinajstić information content (AvgIpc) is 2.90. The molecule has 0 saturated carbocycles. The van der Waals surface area contributed by atoms with Crippen molar-refractivity contribution < 1.29 is 14.7 Å². The number of carbonyl (C=O) groups is 2. The molecule has 1 saturated heterocycles. The van der Waals surface area contributed by atoms with Crippen molar-refractivity contribution >= 4 is 23.2 Å². The molecule has 1 fully saturated rings. The highest BCUT2D eigenvalue weighted by molar-refractivity contribution is 7.14. The van der Waals surface area contributed by atoms with Crippen LogP contribution < -0.4 is 0 Å². The van der Waals surface area contributed by atoms with Gasteiger partial charge in [0, 0.05) is 11.4 Å². The maximum atomic E-state index is 12.6. The van der Waals surface area contributed by atoms with Crippen LogP contribution in [0.5, 0.6) is 0 Å².